The summed E-state index contributed by atoms with van der Waals surface area (Å²) < 4.78 is 34.5. The van der Waals surface area contributed by atoms with Gasteiger partial charge >= 0.3 is 6.09 Å². The Morgan fingerprint density at radius 3 is 2.33 bits per heavy atom. The Morgan fingerprint density at radius 1 is 1.00 bits per heavy atom. The summed E-state index contributed by atoms with van der Waals surface area (Å²) in [6.45, 7) is 10.9. The highest BCUT2D eigenvalue weighted by Crippen LogP contribution is 2.37. The number of carbonyl (C=O) groups is 1. The van der Waals surface area contributed by atoms with Crippen LogP contribution in [0.15, 0.2) is 72.0 Å². The first-order chi connectivity index (χ1) is 18.5. The molecule has 0 unspecified atom stereocenters. The summed E-state index contributed by atoms with van der Waals surface area (Å²) in [5.41, 5.74) is 2.28. The molecule has 1 atom stereocenters. The van der Waals surface area contributed by atoms with Crippen LogP contribution in [0.1, 0.15) is 33.3 Å². The molecule has 3 heterocycles. The molecule has 2 aromatic carbocycles. The van der Waals surface area contributed by atoms with E-state index in [2.05, 4.69) is 14.9 Å². The highest BCUT2D eigenvalue weighted by Gasteiger charge is 2.33. The molecule has 0 aliphatic carbocycles. The molecule has 5 rings (SSSR count). The van der Waals surface area contributed by atoms with Gasteiger partial charge in [-0.05, 0) is 52.3 Å². The van der Waals surface area contributed by atoms with Crippen LogP contribution in [-0.2, 0) is 14.8 Å². The van der Waals surface area contributed by atoms with E-state index in [1.165, 1.54) is 10.3 Å². The number of piperazine rings is 1. The highest BCUT2D eigenvalue weighted by molar-refractivity contribution is 7.90. The molecule has 1 aliphatic heterocycles. The van der Waals surface area contributed by atoms with Crippen molar-refractivity contribution in [1.29, 1.82) is 0 Å². The Morgan fingerprint density at radius 2 is 1.69 bits per heavy atom. The van der Waals surface area contributed by atoms with Crippen molar-refractivity contribution in [2.24, 2.45) is 0 Å². The maximum atomic E-state index is 13.8. The van der Waals surface area contributed by atoms with E-state index in [4.69, 9.17) is 4.74 Å². The monoisotopic (exact) mass is 547 g/mol. The highest BCUT2D eigenvalue weighted by atomic mass is 32.2. The fraction of sp³-hybridized carbons (Fsp3) is 0.345. The van der Waals surface area contributed by atoms with Gasteiger partial charge in [-0.1, -0.05) is 48.0 Å². The molecule has 1 fully saturated rings. The van der Waals surface area contributed by atoms with Crippen LogP contribution in [0, 0.1) is 6.92 Å². The van der Waals surface area contributed by atoms with Crippen LogP contribution >= 0.6 is 0 Å². The topological polar surface area (TPSA) is 97.6 Å². The lowest BCUT2D eigenvalue weighted by molar-refractivity contribution is 0.0158. The second-order valence-corrected chi connectivity index (χ2v) is 12.7. The van der Waals surface area contributed by atoms with Gasteiger partial charge in [0.25, 0.3) is 10.0 Å². The molecule has 10 heteroatoms. The minimum atomic E-state index is -3.93. The fourth-order valence-electron chi connectivity index (χ4n) is 4.84. The van der Waals surface area contributed by atoms with Gasteiger partial charge in [0, 0.05) is 37.4 Å². The second kappa shape index (κ2) is 10.00. The normalized spacial score (nSPS) is 16.5. The lowest BCUT2D eigenvalue weighted by Gasteiger charge is -2.40. The molecule has 2 aromatic heterocycles. The summed E-state index contributed by atoms with van der Waals surface area (Å²) in [6.07, 6.45) is 2.69. The molecule has 9 nitrogen and oxygen atoms in total. The van der Waals surface area contributed by atoms with Crippen LogP contribution < -0.4 is 4.90 Å². The molecule has 0 radical (unpaired) electrons. The number of hydrogen-bond acceptors (Lipinski definition) is 7. The van der Waals surface area contributed by atoms with E-state index < -0.39 is 15.6 Å². The van der Waals surface area contributed by atoms with Crippen molar-refractivity contribution in [2.75, 3.05) is 24.5 Å². The minimum Gasteiger partial charge on any atom is -0.444 e. The standard InChI is InChI=1S/C29H33N5O4S/c1-20-11-13-23(14-12-20)39(36,37)34-18-24(22-9-7-6-8-10-22)25-26(30-19-31-27(25)34)32-15-16-33(21(2)17-32)28(35)38-29(3,4)5/h6-14,18-19,21H,15-17H2,1-5H3/t21-/m1/s1. The number of hydrogen-bond donors (Lipinski definition) is 0. The third-order valence-electron chi connectivity index (χ3n) is 6.75. The van der Waals surface area contributed by atoms with Crippen LogP contribution in [0.3, 0.4) is 0 Å². The van der Waals surface area contributed by atoms with E-state index in [9.17, 15) is 13.2 Å². The van der Waals surface area contributed by atoms with Gasteiger partial charge in [0.1, 0.15) is 17.7 Å². The lowest BCUT2D eigenvalue weighted by Crippen LogP contribution is -2.55. The maximum absolute atomic E-state index is 13.8. The third kappa shape index (κ3) is 5.21. The molecule has 1 aliphatic rings. The molecule has 4 aromatic rings. The number of aryl methyl sites for hydroxylation is 1. The van der Waals surface area contributed by atoms with Crippen LogP contribution in [0.2, 0.25) is 0 Å². The predicted molar refractivity (Wildman–Crippen MR) is 151 cm³/mol. The summed E-state index contributed by atoms with van der Waals surface area (Å²) >= 11 is 0. The number of nitrogens with zero attached hydrogens (tertiary/aromatic N) is 5. The molecule has 0 saturated carbocycles. The van der Waals surface area contributed by atoms with Gasteiger partial charge in [-0.2, -0.15) is 0 Å². The average Bonchev–Trinajstić information content (AvgIpc) is 3.29. The van der Waals surface area contributed by atoms with Crippen LogP contribution in [0.4, 0.5) is 10.6 Å². The van der Waals surface area contributed by atoms with Crippen molar-refractivity contribution in [3.63, 3.8) is 0 Å². The molecule has 0 N–H and O–H groups in total. The van der Waals surface area contributed by atoms with Crippen molar-refractivity contribution in [3.8, 4) is 11.1 Å². The van der Waals surface area contributed by atoms with Gasteiger partial charge in [-0.25, -0.2) is 27.2 Å². The van der Waals surface area contributed by atoms with E-state index in [1.807, 2.05) is 65.0 Å². The van der Waals surface area contributed by atoms with Gasteiger partial charge in [0.05, 0.1) is 10.3 Å². The van der Waals surface area contributed by atoms with Crippen molar-refractivity contribution >= 4 is 33.0 Å². The van der Waals surface area contributed by atoms with Crippen LogP contribution in [0.25, 0.3) is 22.2 Å². The molecule has 0 spiro atoms. The smallest absolute Gasteiger partial charge is 0.410 e. The Labute approximate surface area is 229 Å². The quantitative estimate of drug-likeness (QED) is 0.351. The lowest BCUT2D eigenvalue weighted by atomic mass is 10.1. The summed E-state index contributed by atoms with van der Waals surface area (Å²) in [7, 11) is -3.93. The van der Waals surface area contributed by atoms with E-state index in [1.54, 1.807) is 35.4 Å². The first-order valence-electron chi connectivity index (χ1n) is 12.9. The van der Waals surface area contributed by atoms with Gasteiger partial charge < -0.3 is 14.5 Å². The van der Waals surface area contributed by atoms with E-state index in [0.717, 1.165) is 16.7 Å². The summed E-state index contributed by atoms with van der Waals surface area (Å²) in [5, 5.41) is 0.650. The van der Waals surface area contributed by atoms with E-state index in [-0.39, 0.29) is 17.0 Å². The molecular formula is C29H33N5O4S. The second-order valence-electron chi connectivity index (χ2n) is 10.9. The number of fused-ring (bicyclic) bond motifs is 1. The number of carbonyl (C=O) groups excluding carboxylic acids is 1. The number of benzene rings is 2. The molecule has 204 valence electrons. The minimum absolute atomic E-state index is 0.142. The first-order valence-corrected chi connectivity index (χ1v) is 14.4. The number of rotatable bonds is 4. The third-order valence-corrected chi connectivity index (χ3v) is 8.41. The van der Waals surface area contributed by atoms with Crippen molar-refractivity contribution in [3.05, 3.63) is 72.7 Å². The Hall–Kier alpha value is -3.92. The van der Waals surface area contributed by atoms with Gasteiger partial charge in [0.2, 0.25) is 0 Å². The summed E-state index contributed by atoms with van der Waals surface area (Å²) in [6, 6.07) is 16.3. The zero-order valence-electron chi connectivity index (χ0n) is 22.8. The summed E-state index contributed by atoms with van der Waals surface area (Å²) in [5.74, 6) is 0.632. The zero-order chi connectivity index (χ0) is 27.9. The predicted octanol–water partition coefficient (Wildman–Crippen LogP) is 5.09. The average molecular weight is 548 g/mol. The van der Waals surface area contributed by atoms with E-state index in [0.29, 0.717) is 36.5 Å². The number of amides is 1. The largest absolute Gasteiger partial charge is 0.444 e. The van der Waals surface area contributed by atoms with Gasteiger partial charge in [-0.15, -0.1) is 0 Å². The van der Waals surface area contributed by atoms with Crippen molar-refractivity contribution in [2.45, 2.75) is 51.2 Å². The fourth-order valence-corrected chi connectivity index (χ4v) is 6.16. The Kier molecular flexibility index (Phi) is 6.84. The number of anilines is 1. The van der Waals surface area contributed by atoms with Crippen LogP contribution in [-0.4, -0.2) is 64.6 Å². The van der Waals surface area contributed by atoms with Crippen LogP contribution in [0.5, 0.6) is 0 Å². The van der Waals surface area contributed by atoms with Gasteiger partial charge in [-0.3, -0.25) is 0 Å². The Bertz CT molecular complexity index is 1610. The molecule has 0 bridgehead atoms. The molecule has 1 saturated heterocycles. The maximum Gasteiger partial charge on any atom is 0.410 e. The molecule has 39 heavy (non-hydrogen) atoms. The first kappa shape index (κ1) is 26.7. The van der Waals surface area contributed by atoms with Gasteiger partial charge in [0.15, 0.2) is 5.65 Å². The Balaban J connectivity index is 1.60. The molecular weight excluding hydrogens is 514 g/mol. The van der Waals surface area contributed by atoms with E-state index >= 15 is 0 Å². The summed E-state index contributed by atoms with van der Waals surface area (Å²) in [4.78, 5) is 25.9. The van der Waals surface area contributed by atoms with Crippen molar-refractivity contribution in [1.82, 2.24) is 18.8 Å². The SMILES string of the molecule is Cc1ccc(S(=O)(=O)n2cc(-c3ccccc3)c3c(N4CCN(C(=O)OC(C)(C)C)[C@H](C)C4)ncnc32)cc1. The number of ether oxygens (including phenoxy) is 1. The van der Waals surface area contributed by atoms with Crippen molar-refractivity contribution < 1.29 is 17.9 Å². The number of aromatic nitrogens is 3. The zero-order valence-corrected chi connectivity index (χ0v) is 23.6. The molecule has 1 amide bonds.